The highest BCUT2D eigenvalue weighted by molar-refractivity contribution is 5.92. The Hall–Kier alpha value is -2.68. The number of halogens is 4. The first-order valence-corrected chi connectivity index (χ1v) is 8.32. The van der Waals surface area contributed by atoms with Gasteiger partial charge in [-0.3, -0.25) is 4.79 Å². The number of alkyl halides is 3. The highest BCUT2D eigenvalue weighted by atomic mass is 19.4. The van der Waals surface area contributed by atoms with E-state index in [1.165, 1.54) is 25.0 Å². The normalized spacial score (nSPS) is 14.1. The molecule has 0 saturated heterocycles. The fourth-order valence-corrected chi connectivity index (χ4v) is 2.30. The van der Waals surface area contributed by atoms with E-state index in [0.717, 1.165) is 24.7 Å². The summed E-state index contributed by atoms with van der Waals surface area (Å²) in [4.78, 5) is 15.3. The van der Waals surface area contributed by atoms with E-state index in [-0.39, 0.29) is 29.8 Å². The van der Waals surface area contributed by atoms with Crippen LogP contribution in [0.5, 0.6) is 11.6 Å². The van der Waals surface area contributed by atoms with Crippen molar-refractivity contribution in [1.82, 2.24) is 10.3 Å². The predicted molar refractivity (Wildman–Crippen MR) is 89.9 cm³/mol. The zero-order valence-electron chi connectivity index (χ0n) is 14.1. The Bertz CT molecular complexity index is 805. The van der Waals surface area contributed by atoms with Gasteiger partial charge in [-0.05, 0) is 43.5 Å². The van der Waals surface area contributed by atoms with Crippen LogP contribution >= 0.6 is 0 Å². The Morgan fingerprint density at radius 1 is 1.22 bits per heavy atom. The standard InChI is InChI=1S/C18H17F4N3O2/c19-14-7-13(25-16(26)10-23-8-11-1-2-11)4-5-15(14)27-17-6-3-12(9-24-17)18(20,21)22/h3-7,9,11,23H,1-2,8,10H2,(H,25,26). The van der Waals surface area contributed by atoms with Crippen LogP contribution in [0.2, 0.25) is 0 Å². The number of rotatable bonds is 7. The van der Waals surface area contributed by atoms with Gasteiger partial charge in [0.25, 0.3) is 0 Å². The minimum atomic E-state index is -4.51. The molecule has 3 rings (SSSR count). The Morgan fingerprint density at radius 2 is 2.00 bits per heavy atom. The van der Waals surface area contributed by atoms with Gasteiger partial charge >= 0.3 is 6.18 Å². The van der Waals surface area contributed by atoms with E-state index >= 15 is 0 Å². The van der Waals surface area contributed by atoms with Crippen molar-refractivity contribution in [3.05, 3.63) is 47.9 Å². The molecule has 27 heavy (non-hydrogen) atoms. The fraction of sp³-hybridized carbons (Fsp3) is 0.333. The molecule has 9 heteroatoms. The monoisotopic (exact) mass is 383 g/mol. The van der Waals surface area contributed by atoms with Crippen LogP contribution in [0.15, 0.2) is 36.5 Å². The van der Waals surface area contributed by atoms with Gasteiger partial charge in [0.05, 0.1) is 12.1 Å². The lowest BCUT2D eigenvalue weighted by molar-refractivity contribution is -0.137. The summed E-state index contributed by atoms with van der Waals surface area (Å²) in [5.74, 6) is -0.825. The molecule has 1 aromatic carbocycles. The first kappa shape index (κ1) is 19.1. The topological polar surface area (TPSA) is 63.2 Å². The Labute approximate surface area is 152 Å². The number of anilines is 1. The molecule has 1 amide bonds. The lowest BCUT2D eigenvalue weighted by atomic mass is 10.2. The second-order valence-electron chi connectivity index (χ2n) is 6.25. The summed E-state index contributed by atoms with van der Waals surface area (Å²) in [5.41, 5.74) is -0.679. The Kier molecular flexibility index (Phi) is 5.59. The van der Waals surface area contributed by atoms with Crippen LogP contribution in [0.3, 0.4) is 0 Å². The molecule has 0 spiro atoms. The van der Waals surface area contributed by atoms with Crippen molar-refractivity contribution >= 4 is 11.6 Å². The number of carbonyl (C=O) groups excluding carboxylic acids is 1. The average Bonchev–Trinajstić information content (AvgIpc) is 3.41. The Morgan fingerprint density at radius 3 is 2.59 bits per heavy atom. The van der Waals surface area contributed by atoms with Crippen LogP contribution in [0.4, 0.5) is 23.2 Å². The molecule has 1 aliphatic carbocycles. The minimum Gasteiger partial charge on any atom is -0.436 e. The van der Waals surface area contributed by atoms with Gasteiger partial charge in [-0.15, -0.1) is 0 Å². The highest BCUT2D eigenvalue weighted by Gasteiger charge is 2.30. The molecular weight excluding hydrogens is 366 g/mol. The fourth-order valence-electron chi connectivity index (χ4n) is 2.30. The molecular formula is C18H17F4N3O2. The maximum absolute atomic E-state index is 14.1. The van der Waals surface area contributed by atoms with Crippen LogP contribution in [-0.4, -0.2) is 24.0 Å². The van der Waals surface area contributed by atoms with Crippen molar-refractivity contribution in [2.75, 3.05) is 18.4 Å². The number of carbonyl (C=O) groups is 1. The number of nitrogens with one attached hydrogen (secondary N) is 2. The summed E-state index contributed by atoms with van der Waals surface area (Å²) in [6.45, 7) is 0.917. The van der Waals surface area contributed by atoms with E-state index in [0.29, 0.717) is 12.1 Å². The van der Waals surface area contributed by atoms with Gasteiger partial charge < -0.3 is 15.4 Å². The largest absolute Gasteiger partial charge is 0.436 e. The van der Waals surface area contributed by atoms with Crippen LogP contribution < -0.4 is 15.4 Å². The van der Waals surface area contributed by atoms with Crippen molar-refractivity contribution in [2.24, 2.45) is 5.92 Å². The van der Waals surface area contributed by atoms with Gasteiger partial charge in [-0.25, -0.2) is 9.37 Å². The summed E-state index contributed by atoms with van der Waals surface area (Å²) < 4.78 is 56.8. The van der Waals surface area contributed by atoms with Crippen LogP contribution in [0, 0.1) is 11.7 Å². The van der Waals surface area contributed by atoms with Crippen molar-refractivity contribution in [1.29, 1.82) is 0 Å². The molecule has 1 heterocycles. The number of hydrogen-bond acceptors (Lipinski definition) is 4. The summed E-state index contributed by atoms with van der Waals surface area (Å²) >= 11 is 0. The van der Waals surface area contributed by atoms with E-state index in [4.69, 9.17) is 4.74 Å². The van der Waals surface area contributed by atoms with E-state index in [9.17, 15) is 22.4 Å². The molecule has 144 valence electrons. The second-order valence-corrected chi connectivity index (χ2v) is 6.25. The van der Waals surface area contributed by atoms with Crippen molar-refractivity contribution in [3.63, 3.8) is 0 Å². The van der Waals surface area contributed by atoms with Gasteiger partial charge in [0.15, 0.2) is 11.6 Å². The molecule has 1 saturated carbocycles. The molecule has 0 atom stereocenters. The van der Waals surface area contributed by atoms with E-state index in [1.54, 1.807) is 0 Å². The SMILES string of the molecule is O=C(CNCC1CC1)Nc1ccc(Oc2ccc(C(F)(F)F)cn2)c(F)c1. The molecule has 0 unspecified atom stereocenters. The molecule has 1 aliphatic rings. The lowest BCUT2D eigenvalue weighted by Crippen LogP contribution is -2.29. The van der Waals surface area contributed by atoms with Gasteiger partial charge in [-0.2, -0.15) is 13.2 Å². The van der Waals surface area contributed by atoms with Gasteiger partial charge in [0.2, 0.25) is 11.8 Å². The molecule has 1 fully saturated rings. The smallest absolute Gasteiger partial charge is 0.417 e. The van der Waals surface area contributed by atoms with Crippen molar-refractivity contribution in [2.45, 2.75) is 19.0 Å². The third-order valence-electron chi connectivity index (χ3n) is 3.91. The first-order valence-electron chi connectivity index (χ1n) is 8.32. The zero-order chi connectivity index (χ0) is 19.4. The van der Waals surface area contributed by atoms with Crippen molar-refractivity contribution < 1.29 is 27.1 Å². The second kappa shape index (κ2) is 7.91. The third-order valence-corrected chi connectivity index (χ3v) is 3.91. The number of benzene rings is 1. The third kappa shape index (κ3) is 5.65. The summed E-state index contributed by atoms with van der Waals surface area (Å²) in [5, 5.41) is 5.58. The van der Waals surface area contributed by atoms with Crippen LogP contribution in [0.1, 0.15) is 18.4 Å². The van der Waals surface area contributed by atoms with Crippen molar-refractivity contribution in [3.8, 4) is 11.6 Å². The molecule has 0 radical (unpaired) electrons. The molecule has 5 nitrogen and oxygen atoms in total. The van der Waals surface area contributed by atoms with Crippen LogP contribution in [0.25, 0.3) is 0 Å². The maximum atomic E-state index is 14.1. The molecule has 2 N–H and O–H groups in total. The maximum Gasteiger partial charge on any atom is 0.417 e. The van der Waals surface area contributed by atoms with E-state index in [2.05, 4.69) is 15.6 Å². The molecule has 2 aromatic rings. The van der Waals surface area contributed by atoms with Gasteiger partial charge in [0.1, 0.15) is 0 Å². The van der Waals surface area contributed by atoms with Crippen LogP contribution in [-0.2, 0) is 11.0 Å². The molecule has 0 bridgehead atoms. The van der Waals surface area contributed by atoms with E-state index in [1.807, 2.05) is 0 Å². The van der Waals surface area contributed by atoms with E-state index < -0.39 is 17.6 Å². The number of hydrogen-bond donors (Lipinski definition) is 2. The summed E-state index contributed by atoms with van der Waals surface area (Å²) in [6.07, 6.45) is -1.55. The average molecular weight is 383 g/mol. The number of amides is 1. The number of pyridine rings is 1. The van der Waals surface area contributed by atoms with Gasteiger partial charge in [-0.1, -0.05) is 0 Å². The minimum absolute atomic E-state index is 0.131. The van der Waals surface area contributed by atoms with Gasteiger partial charge in [0, 0.05) is 24.0 Å². The molecule has 1 aromatic heterocycles. The summed E-state index contributed by atoms with van der Waals surface area (Å²) in [6, 6.07) is 5.56. The molecule has 0 aliphatic heterocycles. The highest BCUT2D eigenvalue weighted by Crippen LogP contribution is 2.31. The Balaban J connectivity index is 1.56. The summed E-state index contributed by atoms with van der Waals surface area (Å²) in [7, 11) is 0. The quantitative estimate of drug-likeness (QED) is 0.711. The number of nitrogens with zero attached hydrogens (tertiary/aromatic N) is 1. The lowest BCUT2D eigenvalue weighted by Gasteiger charge is -2.10. The number of aromatic nitrogens is 1. The predicted octanol–water partition coefficient (Wildman–Crippen LogP) is 3.97. The number of ether oxygens (including phenoxy) is 1. The first-order chi connectivity index (χ1) is 12.8. The zero-order valence-corrected chi connectivity index (χ0v) is 14.1.